The van der Waals surface area contributed by atoms with E-state index in [1.54, 1.807) is 66.7 Å². The molecule has 0 bridgehead atoms. The molecule has 0 aliphatic heterocycles. The normalized spacial score (nSPS) is 10.6. The van der Waals surface area contributed by atoms with Gasteiger partial charge in [0.05, 0.1) is 0 Å². The second-order valence-electron chi connectivity index (χ2n) is 6.64. The molecule has 0 atom stereocenters. The van der Waals surface area contributed by atoms with Gasteiger partial charge in [0.1, 0.15) is 0 Å². The fourth-order valence-corrected chi connectivity index (χ4v) is 3.57. The van der Waals surface area contributed by atoms with Crippen molar-refractivity contribution in [1.82, 2.24) is 0 Å². The molecule has 0 aliphatic rings. The lowest BCUT2D eigenvalue weighted by Crippen LogP contribution is -2.13. The number of carbonyl (C=O) groups excluding carboxylic acids is 2. The third-order valence-electron chi connectivity index (χ3n) is 4.60. The summed E-state index contributed by atoms with van der Waals surface area (Å²) in [4.78, 5) is 25.1. The van der Waals surface area contributed by atoms with Crippen molar-refractivity contribution in [1.29, 1.82) is 0 Å². The lowest BCUT2D eigenvalue weighted by atomic mass is 10.0. The summed E-state index contributed by atoms with van der Waals surface area (Å²) in [6, 6.07) is 24.5. The molecule has 0 unspecified atom stereocenters. The van der Waals surface area contributed by atoms with E-state index in [1.165, 1.54) is 0 Å². The molecular weight excluding hydrogens is 419 g/mol. The predicted molar refractivity (Wildman–Crippen MR) is 123 cm³/mol. The van der Waals surface area contributed by atoms with Crippen molar-refractivity contribution in [3.05, 3.63) is 106 Å². The number of hydrogen-bond donors (Lipinski definition) is 2. The molecule has 4 rings (SSSR count). The Morgan fingerprint density at radius 2 is 1.23 bits per heavy atom. The van der Waals surface area contributed by atoms with Gasteiger partial charge in [0, 0.05) is 37.9 Å². The molecule has 0 aromatic heterocycles. The van der Waals surface area contributed by atoms with Crippen LogP contribution >= 0.6 is 23.2 Å². The number of amides is 2. The highest BCUT2D eigenvalue weighted by Gasteiger charge is 2.12. The topological polar surface area (TPSA) is 58.2 Å². The first-order chi connectivity index (χ1) is 14.5. The lowest BCUT2D eigenvalue weighted by molar-refractivity contribution is 0.101. The van der Waals surface area contributed by atoms with E-state index >= 15 is 0 Å². The molecule has 30 heavy (non-hydrogen) atoms. The minimum Gasteiger partial charge on any atom is -0.322 e. The molecule has 0 heterocycles. The van der Waals surface area contributed by atoms with Gasteiger partial charge in [0.2, 0.25) is 0 Å². The molecule has 0 fully saturated rings. The molecule has 0 spiro atoms. The number of benzene rings is 4. The van der Waals surface area contributed by atoms with Gasteiger partial charge in [-0.1, -0.05) is 53.5 Å². The van der Waals surface area contributed by atoms with Gasteiger partial charge in [-0.25, -0.2) is 0 Å². The van der Waals surface area contributed by atoms with Crippen LogP contribution in [0.5, 0.6) is 0 Å². The van der Waals surface area contributed by atoms with E-state index in [0.29, 0.717) is 32.5 Å². The molecule has 6 heteroatoms. The zero-order valence-electron chi connectivity index (χ0n) is 15.7. The van der Waals surface area contributed by atoms with Crippen LogP contribution in [0, 0.1) is 0 Å². The summed E-state index contributed by atoms with van der Waals surface area (Å²) in [6.45, 7) is 0. The van der Waals surface area contributed by atoms with Gasteiger partial charge in [-0.15, -0.1) is 0 Å². The molecule has 4 aromatic rings. The Kier molecular flexibility index (Phi) is 5.70. The van der Waals surface area contributed by atoms with Crippen molar-refractivity contribution in [2.45, 2.75) is 0 Å². The van der Waals surface area contributed by atoms with Crippen molar-refractivity contribution in [3.8, 4) is 0 Å². The monoisotopic (exact) mass is 434 g/mol. The van der Waals surface area contributed by atoms with E-state index in [0.717, 1.165) is 10.8 Å². The molecule has 148 valence electrons. The number of nitrogens with one attached hydrogen (secondary N) is 2. The van der Waals surface area contributed by atoms with Gasteiger partial charge in [-0.2, -0.15) is 0 Å². The lowest BCUT2D eigenvalue weighted by Gasteiger charge is -2.10. The highest BCUT2D eigenvalue weighted by Crippen LogP contribution is 2.26. The summed E-state index contributed by atoms with van der Waals surface area (Å²) >= 11 is 12.2. The Hall–Kier alpha value is -3.34. The Morgan fingerprint density at radius 1 is 0.633 bits per heavy atom. The van der Waals surface area contributed by atoms with Crippen molar-refractivity contribution in [3.63, 3.8) is 0 Å². The molecule has 2 amide bonds. The van der Waals surface area contributed by atoms with Crippen LogP contribution in [0.4, 0.5) is 11.4 Å². The number of fused-ring (bicyclic) bond motifs is 1. The Morgan fingerprint density at radius 3 is 1.93 bits per heavy atom. The van der Waals surface area contributed by atoms with Gasteiger partial charge in [0.25, 0.3) is 11.8 Å². The quantitative estimate of drug-likeness (QED) is 0.377. The maximum absolute atomic E-state index is 12.8. The molecule has 0 saturated carbocycles. The first-order valence-electron chi connectivity index (χ1n) is 9.17. The number of rotatable bonds is 4. The van der Waals surface area contributed by atoms with E-state index in [2.05, 4.69) is 10.6 Å². The minimum absolute atomic E-state index is 0.237. The zero-order valence-corrected chi connectivity index (χ0v) is 17.2. The van der Waals surface area contributed by atoms with Crippen molar-refractivity contribution in [2.75, 3.05) is 10.6 Å². The smallest absolute Gasteiger partial charge is 0.256 e. The number of carbonyl (C=O) groups is 2. The summed E-state index contributed by atoms with van der Waals surface area (Å²) in [5.41, 5.74) is 2.22. The average molecular weight is 435 g/mol. The van der Waals surface area contributed by atoms with Gasteiger partial charge < -0.3 is 10.6 Å². The van der Waals surface area contributed by atoms with Gasteiger partial charge in [0.15, 0.2) is 0 Å². The van der Waals surface area contributed by atoms with E-state index in [-0.39, 0.29) is 11.8 Å². The first-order valence-corrected chi connectivity index (χ1v) is 9.92. The molecular formula is C24H16Cl2N2O2. The molecule has 4 nitrogen and oxygen atoms in total. The third-order valence-corrected chi connectivity index (χ3v) is 5.17. The highest BCUT2D eigenvalue weighted by atomic mass is 35.5. The number of halogens is 2. The molecule has 0 aliphatic carbocycles. The van der Waals surface area contributed by atoms with Crippen LogP contribution in [0.1, 0.15) is 20.7 Å². The Bertz CT molecular complexity index is 1250. The Balaban J connectivity index is 1.48. The van der Waals surface area contributed by atoms with Crippen molar-refractivity contribution >= 4 is 57.2 Å². The van der Waals surface area contributed by atoms with E-state index in [1.807, 2.05) is 18.2 Å². The van der Waals surface area contributed by atoms with Crippen LogP contribution < -0.4 is 10.6 Å². The fourth-order valence-electron chi connectivity index (χ4n) is 3.14. The first kappa shape index (κ1) is 20.0. The highest BCUT2D eigenvalue weighted by molar-refractivity contribution is 6.36. The second kappa shape index (κ2) is 8.57. The van der Waals surface area contributed by atoms with E-state index in [9.17, 15) is 9.59 Å². The summed E-state index contributed by atoms with van der Waals surface area (Å²) in [7, 11) is 0. The fraction of sp³-hybridized carbons (Fsp3) is 0. The van der Waals surface area contributed by atoms with Crippen LogP contribution in [0.15, 0.2) is 84.9 Å². The number of hydrogen-bond acceptors (Lipinski definition) is 2. The summed E-state index contributed by atoms with van der Waals surface area (Å²) in [5.74, 6) is -0.500. The number of anilines is 2. The zero-order chi connectivity index (χ0) is 21.1. The van der Waals surface area contributed by atoms with E-state index < -0.39 is 0 Å². The SMILES string of the molecule is O=C(Nc1ccc(NC(=O)c2cccc3c(Cl)cccc23)cc1)c1cccc(Cl)c1. The molecule has 2 N–H and O–H groups in total. The third kappa shape index (κ3) is 4.30. The van der Waals surface area contributed by atoms with E-state index in [4.69, 9.17) is 23.2 Å². The van der Waals surface area contributed by atoms with Crippen LogP contribution in [0.2, 0.25) is 10.0 Å². The average Bonchev–Trinajstić information content (AvgIpc) is 2.75. The van der Waals surface area contributed by atoms with Crippen LogP contribution in [0.25, 0.3) is 10.8 Å². The van der Waals surface area contributed by atoms with Gasteiger partial charge >= 0.3 is 0 Å². The molecule has 0 saturated heterocycles. The minimum atomic E-state index is -0.262. The maximum atomic E-state index is 12.8. The maximum Gasteiger partial charge on any atom is 0.256 e. The summed E-state index contributed by atoms with van der Waals surface area (Å²) in [6.07, 6.45) is 0. The summed E-state index contributed by atoms with van der Waals surface area (Å²) in [5, 5.41) is 8.39. The molecule has 4 aromatic carbocycles. The standard InChI is InChI=1S/C24H16Cl2N2O2/c25-16-5-1-4-15(14-16)23(29)27-17-10-12-18(13-11-17)28-24(30)21-8-2-7-20-19(21)6-3-9-22(20)26/h1-14H,(H,27,29)(H,28,30). The predicted octanol–water partition coefficient (Wildman–Crippen LogP) is 6.65. The second-order valence-corrected chi connectivity index (χ2v) is 7.48. The van der Waals surface area contributed by atoms with Gasteiger partial charge in [-0.3, -0.25) is 9.59 Å². The largest absolute Gasteiger partial charge is 0.322 e. The van der Waals surface area contributed by atoms with Crippen molar-refractivity contribution < 1.29 is 9.59 Å². The van der Waals surface area contributed by atoms with Gasteiger partial charge in [-0.05, 0) is 60.0 Å². The van der Waals surface area contributed by atoms with Crippen molar-refractivity contribution in [2.24, 2.45) is 0 Å². The molecule has 0 radical (unpaired) electrons. The summed E-state index contributed by atoms with van der Waals surface area (Å²) < 4.78 is 0. The van der Waals surface area contributed by atoms with Crippen LogP contribution in [0.3, 0.4) is 0 Å². The van der Waals surface area contributed by atoms with Crippen LogP contribution in [-0.2, 0) is 0 Å². The van der Waals surface area contributed by atoms with Crippen LogP contribution in [-0.4, -0.2) is 11.8 Å². The Labute approximate surface area is 183 Å².